The molecule has 0 aliphatic rings. The monoisotopic (exact) mass is 275 g/mol. The van der Waals surface area contributed by atoms with Gasteiger partial charge in [-0.3, -0.25) is 4.79 Å². The van der Waals surface area contributed by atoms with Crippen molar-refractivity contribution in [2.75, 3.05) is 19.8 Å². The van der Waals surface area contributed by atoms with Gasteiger partial charge >= 0.3 is 0 Å². The molecule has 0 heterocycles. The summed E-state index contributed by atoms with van der Waals surface area (Å²) >= 11 is 0. The Labute approximate surface area is 109 Å². The van der Waals surface area contributed by atoms with E-state index >= 15 is 0 Å². The number of carbonyl (C=O) groups excluding carboxylic acids is 1. The highest BCUT2D eigenvalue weighted by Gasteiger charge is 2.14. The molecular weight excluding hydrogens is 259 g/mol. The lowest BCUT2D eigenvalue weighted by Crippen LogP contribution is -2.27. The third kappa shape index (κ3) is 4.90. The maximum absolute atomic E-state index is 12.9. The molecule has 0 radical (unpaired) electrons. The topological polar surface area (TPSA) is 38.3 Å². The number of rotatable bonds is 7. The van der Waals surface area contributed by atoms with E-state index in [-0.39, 0.29) is 12.1 Å². The van der Waals surface area contributed by atoms with Crippen LogP contribution in [0, 0.1) is 17.5 Å². The van der Waals surface area contributed by atoms with Gasteiger partial charge < -0.3 is 10.1 Å². The van der Waals surface area contributed by atoms with Crippen LogP contribution in [0.5, 0.6) is 0 Å². The largest absolute Gasteiger partial charge is 0.380 e. The van der Waals surface area contributed by atoms with E-state index in [1.807, 2.05) is 6.92 Å². The lowest BCUT2D eigenvalue weighted by molar-refractivity contribution is 0.0911. The second kappa shape index (κ2) is 7.78. The molecule has 0 unspecified atom stereocenters. The average molecular weight is 275 g/mol. The number of benzene rings is 1. The van der Waals surface area contributed by atoms with E-state index in [0.717, 1.165) is 12.8 Å². The molecule has 1 aromatic carbocycles. The normalized spacial score (nSPS) is 10.5. The standard InChI is InChI=1S/C13H16F3NO2/c1-2-3-5-19-6-4-17-13(18)9-7-10(14)12(16)11(15)8-9/h7-8H,2-6H2,1H3,(H,17,18). The molecule has 0 spiro atoms. The number of ether oxygens (including phenoxy) is 1. The van der Waals surface area contributed by atoms with Crippen molar-refractivity contribution in [2.45, 2.75) is 19.8 Å². The van der Waals surface area contributed by atoms with Crippen LogP contribution in [0.2, 0.25) is 0 Å². The average Bonchev–Trinajstić information content (AvgIpc) is 2.39. The van der Waals surface area contributed by atoms with E-state index in [2.05, 4.69) is 5.32 Å². The molecule has 6 heteroatoms. The van der Waals surface area contributed by atoms with Crippen LogP contribution in [0.4, 0.5) is 13.2 Å². The fourth-order valence-electron chi connectivity index (χ4n) is 1.37. The second-order valence-corrected chi connectivity index (χ2v) is 3.98. The molecule has 3 nitrogen and oxygen atoms in total. The van der Waals surface area contributed by atoms with Gasteiger partial charge in [-0.25, -0.2) is 13.2 Å². The van der Waals surface area contributed by atoms with Crippen molar-refractivity contribution < 1.29 is 22.7 Å². The number of unbranched alkanes of at least 4 members (excludes halogenated alkanes) is 1. The molecule has 0 aliphatic heterocycles. The maximum atomic E-state index is 12.9. The van der Waals surface area contributed by atoms with Crippen molar-refractivity contribution >= 4 is 5.91 Å². The van der Waals surface area contributed by atoms with Gasteiger partial charge in [-0.1, -0.05) is 13.3 Å². The third-order valence-electron chi connectivity index (χ3n) is 2.42. The van der Waals surface area contributed by atoms with Gasteiger partial charge in [0.25, 0.3) is 5.91 Å². The number of nitrogens with one attached hydrogen (secondary N) is 1. The van der Waals surface area contributed by atoms with Crippen molar-refractivity contribution in [3.8, 4) is 0 Å². The summed E-state index contributed by atoms with van der Waals surface area (Å²) in [5.41, 5.74) is -0.259. The zero-order valence-electron chi connectivity index (χ0n) is 10.6. The van der Waals surface area contributed by atoms with Crippen LogP contribution in [-0.4, -0.2) is 25.7 Å². The van der Waals surface area contributed by atoms with Crippen LogP contribution in [0.1, 0.15) is 30.1 Å². The van der Waals surface area contributed by atoms with E-state index in [9.17, 15) is 18.0 Å². The van der Waals surface area contributed by atoms with E-state index < -0.39 is 23.4 Å². The Bertz CT molecular complexity index is 415. The lowest BCUT2D eigenvalue weighted by Gasteiger charge is -2.07. The Hall–Kier alpha value is -1.56. The number of amides is 1. The molecule has 0 aromatic heterocycles. The van der Waals surface area contributed by atoms with Crippen molar-refractivity contribution in [3.63, 3.8) is 0 Å². The Morgan fingerprint density at radius 3 is 2.42 bits per heavy atom. The zero-order chi connectivity index (χ0) is 14.3. The quantitative estimate of drug-likeness (QED) is 0.613. The summed E-state index contributed by atoms with van der Waals surface area (Å²) in [5, 5.41) is 2.43. The summed E-state index contributed by atoms with van der Waals surface area (Å²) in [6.45, 7) is 3.18. The molecule has 0 atom stereocenters. The summed E-state index contributed by atoms with van der Waals surface area (Å²) in [7, 11) is 0. The zero-order valence-corrected chi connectivity index (χ0v) is 10.6. The summed E-state index contributed by atoms with van der Waals surface area (Å²) < 4.78 is 43.7. The van der Waals surface area contributed by atoms with E-state index in [1.165, 1.54) is 0 Å². The molecule has 0 fully saturated rings. The number of hydrogen-bond donors (Lipinski definition) is 1. The van der Waals surface area contributed by atoms with Crippen molar-refractivity contribution in [3.05, 3.63) is 35.1 Å². The van der Waals surface area contributed by atoms with Gasteiger partial charge in [0.2, 0.25) is 0 Å². The van der Waals surface area contributed by atoms with E-state index in [0.29, 0.717) is 25.3 Å². The lowest BCUT2D eigenvalue weighted by atomic mass is 10.2. The van der Waals surface area contributed by atoms with Crippen LogP contribution in [0.25, 0.3) is 0 Å². The first-order valence-corrected chi connectivity index (χ1v) is 6.06. The molecule has 19 heavy (non-hydrogen) atoms. The highest BCUT2D eigenvalue weighted by Crippen LogP contribution is 2.13. The smallest absolute Gasteiger partial charge is 0.251 e. The van der Waals surface area contributed by atoms with Gasteiger partial charge in [0.05, 0.1) is 6.61 Å². The Balaban J connectivity index is 2.42. The van der Waals surface area contributed by atoms with Crippen LogP contribution in [0.15, 0.2) is 12.1 Å². The predicted molar refractivity (Wildman–Crippen MR) is 64.4 cm³/mol. The number of carbonyl (C=O) groups is 1. The molecule has 0 saturated carbocycles. The van der Waals surface area contributed by atoms with Gasteiger partial charge in [-0.2, -0.15) is 0 Å². The van der Waals surface area contributed by atoms with Crippen LogP contribution >= 0.6 is 0 Å². The summed E-state index contributed by atoms with van der Waals surface area (Å²) in [4.78, 5) is 11.5. The fraction of sp³-hybridized carbons (Fsp3) is 0.462. The minimum atomic E-state index is -1.58. The van der Waals surface area contributed by atoms with E-state index in [1.54, 1.807) is 0 Å². The molecule has 1 rings (SSSR count). The SMILES string of the molecule is CCCCOCCNC(=O)c1cc(F)c(F)c(F)c1. The van der Waals surface area contributed by atoms with E-state index in [4.69, 9.17) is 4.74 Å². The van der Waals surface area contributed by atoms with Crippen molar-refractivity contribution in [1.82, 2.24) is 5.32 Å². The maximum Gasteiger partial charge on any atom is 0.251 e. The third-order valence-corrected chi connectivity index (χ3v) is 2.42. The minimum Gasteiger partial charge on any atom is -0.380 e. The number of hydrogen-bond acceptors (Lipinski definition) is 2. The Morgan fingerprint density at radius 1 is 1.21 bits per heavy atom. The van der Waals surface area contributed by atoms with Gasteiger partial charge in [0.15, 0.2) is 17.5 Å². The van der Waals surface area contributed by atoms with Crippen LogP contribution in [0.3, 0.4) is 0 Å². The summed E-state index contributed by atoms with van der Waals surface area (Å²) in [6.07, 6.45) is 1.95. The Morgan fingerprint density at radius 2 is 1.84 bits per heavy atom. The van der Waals surface area contributed by atoms with Crippen molar-refractivity contribution in [2.24, 2.45) is 0 Å². The summed E-state index contributed by atoms with van der Waals surface area (Å²) in [6, 6.07) is 1.32. The molecule has 106 valence electrons. The molecule has 0 saturated heterocycles. The first-order chi connectivity index (χ1) is 9.06. The molecule has 0 aliphatic carbocycles. The Kier molecular flexibility index (Phi) is 6.35. The number of halogens is 3. The van der Waals surface area contributed by atoms with Gasteiger partial charge in [0, 0.05) is 18.7 Å². The molecule has 0 bridgehead atoms. The summed E-state index contributed by atoms with van der Waals surface area (Å²) in [5.74, 6) is -5.02. The first kappa shape index (κ1) is 15.5. The highest BCUT2D eigenvalue weighted by molar-refractivity contribution is 5.94. The second-order valence-electron chi connectivity index (χ2n) is 3.98. The van der Waals surface area contributed by atoms with Crippen molar-refractivity contribution in [1.29, 1.82) is 0 Å². The molecule has 1 amide bonds. The molecule has 1 aromatic rings. The highest BCUT2D eigenvalue weighted by atomic mass is 19.2. The van der Waals surface area contributed by atoms with Gasteiger partial charge in [-0.15, -0.1) is 0 Å². The van der Waals surface area contributed by atoms with Crippen LogP contribution in [-0.2, 0) is 4.74 Å². The first-order valence-electron chi connectivity index (χ1n) is 6.06. The van der Waals surface area contributed by atoms with Gasteiger partial charge in [0.1, 0.15) is 0 Å². The predicted octanol–water partition coefficient (Wildman–Crippen LogP) is 2.65. The fourth-order valence-corrected chi connectivity index (χ4v) is 1.37. The van der Waals surface area contributed by atoms with Gasteiger partial charge in [-0.05, 0) is 18.6 Å². The molecule has 1 N–H and O–H groups in total. The molecular formula is C13H16F3NO2. The minimum absolute atomic E-state index is 0.225. The van der Waals surface area contributed by atoms with Crippen LogP contribution < -0.4 is 5.32 Å².